The minimum absolute atomic E-state index is 0.00187. The van der Waals surface area contributed by atoms with Gasteiger partial charge in [0.2, 0.25) is 5.52 Å². The third kappa shape index (κ3) is 5.13. The van der Waals surface area contributed by atoms with Crippen molar-refractivity contribution in [2.24, 2.45) is 0 Å². The second-order valence-electron chi connectivity index (χ2n) is 2.39. The second-order valence-corrected chi connectivity index (χ2v) is 3.98. The first-order valence-corrected chi connectivity index (χ1v) is 5.18. The van der Waals surface area contributed by atoms with E-state index in [0.29, 0.717) is 6.42 Å². The maximum Gasteiger partial charge on any atom is 0.391 e. The molecule has 0 spiro atoms. The maximum absolute atomic E-state index is 10.6. The summed E-state index contributed by atoms with van der Waals surface area (Å²) in [4.78, 5) is 27.3. The van der Waals surface area contributed by atoms with Gasteiger partial charge < -0.3 is 9.79 Å². The SMILES string of the molecule is CCCCCC(=O)P(=O)(O)O. The summed E-state index contributed by atoms with van der Waals surface area (Å²) in [5.41, 5.74) is -0.939. The summed E-state index contributed by atoms with van der Waals surface area (Å²) in [6.45, 7) is 1.96. The van der Waals surface area contributed by atoms with E-state index in [0.717, 1.165) is 12.8 Å². The van der Waals surface area contributed by atoms with Crippen LogP contribution in [0.5, 0.6) is 0 Å². The zero-order valence-electron chi connectivity index (χ0n) is 6.49. The van der Waals surface area contributed by atoms with Crippen molar-refractivity contribution in [3.05, 3.63) is 0 Å². The lowest BCUT2D eigenvalue weighted by Gasteiger charge is -2.00. The number of unbranched alkanes of at least 4 members (excludes halogenated alkanes) is 2. The van der Waals surface area contributed by atoms with Crippen LogP contribution in [0.1, 0.15) is 32.6 Å². The Kier molecular flexibility index (Phi) is 4.57. The molecule has 0 saturated carbocycles. The lowest BCUT2D eigenvalue weighted by molar-refractivity contribution is -0.113. The maximum atomic E-state index is 10.6. The van der Waals surface area contributed by atoms with Crippen molar-refractivity contribution in [3.8, 4) is 0 Å². The zero-order chi connectivity index (χ0) is 8.91. The summed E-state index contributed by atoms with van der Waals surface area (Å²) in [6.07, 6.45) is 2.35. The number of rotatable bonds is 5. The van der Waals surface area contributed by atoms with Gasteiger partial charge in [-0.3, -0.25) is 9.36 Å². The van der Waals surface area contributed by atoms with Crippen molar-refractivity contribution < 1.29 is 19.1 Å². The summed E-state index contributed by atoms with van der Waals surface area (Å²) >= 11 is 0. The third-order valence-corrected chi connectivity index (χ3v) is 2.19. The molecule has 0 aliphatic carbocycles. The molecule has 0 radical (unpaired) electrons. The van der Waals surface area contributed by atoms with E-state index in [9.17, 15) is 9.36 Å². The van der Waals surface area contributed by atoms with Gasteiger partial charge in [-0.25, -0.2) is 0 Å². The molecule has 66 valence electrons. The van der Waals surface area contributed by atoms with E-state index in [1.807, 2.05) is 6.92 Å². The molecule has 0 heterocycles. The molecule has 0 amide bonds. The van der Waals surface area contributed by atoms with Crippen LogP contribution in [-0.2, 0) is 9.36 Å². The number of hydrogen-bond acceptors (Lipinski definition) is 2. The summed E-state index contributed by atoms with van der Waals surface area (Å²) in [7, 11) is -4.44. The van der Waals surface area contributed by atoms with Crippen molar-refractivity contribution >= 4 is 13.1 Å². The van der Waals surface area contributed by atoms with Crippen LogP contribution < -0.4 is 0 Å². The number of carbonyl (C=O) groups excluding carboxylic acids is 1. The molecule has 0 aromatic rings. The van der Waals surface area contributed by atoms with Crippen LogP contribution in [0.15, 0.2) is 0 Å². The highest BCUT2D eigenvalue weighted by Gasteiger charge is 2.23. The lowest BCUT2D eigenvalue weighted by Crippen LogP contribution is -1.97. The molecule has 0 fully saturated rings. The summed E-state index contributed by atoms with van der Waals surface area (Å²) in [5.74, 6) is 0. The Hall–Kier alpha value is -0.180. The van der Waals surface area contributed by atoms with E-state index in [-0.39, 0.29) is 6.42 Å². The topological polar surface area (TPSA) is 74.6 Å². The molecule has 5 heteroatoms. The largest absolute Gasteiger partial charge is 0.391 e. The molecule has 2 N–H and O–H groups in total. The smallest absolute Gasteiger partial charge is 0.319 e. The van der Waals surface area contributed by atoms with Crippen LogP contribution >= 0.6 is 7.60 Å². The van der Waals surface area contributed by atoms with Gasteiger partial charge in [-0.05, 0) is 6.42 Å². The van der Waals surface area contributed by atoms with Gasteiger partial charge in [0.05, 0.1) is 0 Å². The molecular weight excluding hydrogens is 167 g/mol. The Labute approximate surface area is 65.8 Å². The van der Waals surface area contributed by atoms with E-state index in [1.54, 1.807) is 0 Å². The van der Waals surface area contributed by atoms with Crippen LogP contribution in [0, 0.1) is 0 Å². The highest BCUT2D eigenvalue weighted by atomic mass is 31.2. The fourth-order valence-electron chi connectivity index (χ4n) is 0.672. The van der Waals surface area contributed by atoms with E-state index in [4.69, 9.17) is 9.79 Å². The highest BCUT2D eigenvalue weighted by Crippen LogP contribution is 2.37. The molecule has 0 aliphatic heterocycles. The number of hydrogen-bond donors (Lipinski definition) is 2. The molecule has 0 aromatic heterocycles. The Bertz CT molecular complexity index is 171. The van der Waals surface area contributed by atoms with Crippen molar-refractivity contribution in [1.82, 2.24) is 0 Å². The molecule has 11 heavy (non-hydrogen) atoms. The van der Waals surface area contributed by atoms with E-state index >= 15 is 0 Å². The normalized spacial score (nSPS) is 11.5. The standard InChI is InChI=1S/C6H13O4P/c1-2-3-4-5-6(7)11(8,9)10/h2-5H2,1H3,(H2,8,9,10). The summed E-state index contributed by atoms with van der Waals surface area (Å²) in [6, 6.07) is 0. The van der Waals surface area contributed by atoms with Crippen LogP contribution in [0.2, 0.25) is 0 Å². The first-order chi connectivity index (χ1) is 4.98. The minimum Gasteiger partial charge on any atom is -0.319 e. The Balaban J connectivity index is 3.63. The fraction of sp³-hybridized carbons (Fsp3) is 0.833. The molecular formula is C6H13O4P. The summed E-state index contributed by atoms with van der Waals surface area (Å²) in [5, 5.41) is 0. The molecule has 0 bridgehead atoms. The van der Waals surface area contributed by atoms with Crippen LogP contribution in [-0.4, -0.2) is 15.3 Å². The second kappa shape index (κ2) is 4.65. The van der Waals surface area contributed by atoms with Gasteiger partial charge in [0.25, 0.3) is 0 Å². The molecule has 0 rings (SSSR count). The van der Waals surface area contributed by atoms with Gasteiger partial charge in [0.15, 0.2) is 0 Å². The van der Waals surface area contributed by atoms with E-state index in [2.05, 4.69) is 0 Å². The average Bonchev–Trinajstić information content (AvgIpc) is 1.86. The Morgan fingerprint density at radius 2 is 1.91 bits per heavy atom. The third-order valence-electron chi connectivity index (χ3n) is 1.32. The van der Waals surface area contributed by atoms with Crippen molar-refractivity contribution in [3.63, 3.8) is 0 Å². The first kappa shape index (κ1) is 10.8. The molecule has 0 atom stereocenters. The quantitative estimate of drug-likeness (QED) is 0.493. The van der Waals surface area contributed by atoms with Crippen molar-refractivity contribution in [2.75, 3.05) is 0 Å². The lowest BCUT2D eigenvalue weighted by atomic mass is 10.2. The monoisotopic (exact) mass is 180 g/mol. The molecule has 0 unspecified atom stereocenters. The molecule has 0 aromatic carbocycles. The average molecular weight is 180 g/mol. The van der Waals surface area contributed by atoms with Gasteiger partial charge in [-0.1, -0.05) is 19.8 Å². The fourth-order valence-corrected chi connectivity index (χ4v) is 1.12. The van der Waals surface area contributed by atoms with Gasteiger partial charge in [-0.15, -0.1) is 0 Å². The Morgan fingerprint density at radius 1 is 1.36 bits per heavy atom. The Morgan fingerprint density at radius 3 is 2.27 bits per heavy atom. The van der Waals surface area contributed by atoms with E-state index < -0.39 is 13.1 Å². The van der Waals surface area contributed by atoms with Gasteiger partial charge >= 0.3 is 7.60 Å². The van der Waals surface area contributed by atoms with Crippen LogP contribution in [0.3, 0.4) is 0 Å². The van der Waals surface area contributed by atoms with Crippen LogP contribution in [0.4, 0.5) is 0 Å². The highest BCUT2D eigenvalue weighted by molar-refractivity contribution is 7.70. The molecule has 0 saturated heterocycles. The van der Waals surface area contributed by atoms with E-state index in [1.165, 1.54) is 0 Å². The van der Waals surface area contributed by atoms with Crippen molar-refractivity contribution in [1.29, 1.82) is 0 Å². The van der Waals surface area contributed by atoms with Crippen LogP contribution in [0.25, 0.3) is 0 Å². The van der Waals surface area contributed by atoms with Gasteiger partial charge in [0.1, 0.15) is 0 Å². The van der Waals surface area contributed by atoms with Crippen molar-refractivity contribution in [2.45, 2.75) is 32.6 Å². The summed E-state index contributed by atoms with van der Waals surface area (Å²) < 4.78 is 10.3. The van der Waals surface area contributed by atoms with Gasteiger partial charge in [0, 0.05) is 6.42 Å². The molecule has 4 nitrogen and oxygen atoms in total. The number of carbonyl (C=O) groups is 1. The molecule has 0 aliphatic rings. The van der Waals surface area contributed by atoms with Gasteiger partial charge in [-0.2, -0.15) is 0 Å². The zero-order valence-corrected chi connectivity index (χ0v) is 7.38. The predicted molar refractivity (Wildman–Crippen MR) is 41.2 cm³/mol. The minimum atomic E-state index is -4.44. The first-order valence-electron chi connectivity index (χ1n) is 3.57. The predicted octanol–water partition coefficient (Wildman–Crippen LogP) is 1.27.